The second-order valence-electron chi connectivity index (χ2n) is 5.96. The van der Waals surface area contributed by atoms with Gasteiger partial charge >= 0.3 is 0 Å². The molecule has 2 heterocycles. The number of nitrogens with one attached hydrogen (secondary N) is 2. The Labute approximate surface area is 162 Å². The molecule has 27 heavy (non-hydrogen) atoms. The molecule has 2 amide bonds. The molecule has 9 heteroatoms. The molecule has 1 unspecified atom stereocenters. The number of thioether (sulfide) groups is 1. The minimum atomic E-state index is -1.34. The minimum Gasteiger partial charge on any atom is -0.323 e. The first-order valence-corrected chi connectivity index (χ1v) is 9.59. The van der Waals surface area contributed by atoms with Crippen LogP contribution in [0.1, 0.15) is 6.92 Å². The van der Waals surface area contributed by atoms with Gasteiger partial charge in [0.05, 0.1) is 5.69 Å². The summed E-state index contributed by atoms with van der Waals surface area (Å²) in [5, 5.41) is 14.2. The van der Waals surface area contributed by atoms with E-state index < -0.39 is 16.6 Å². The number of halogens is 1. The van der Waals surface area contributed by atoms with Crippen molar-refractivity contribution in [2.75, 3.05) is 10.6 Å². The van der Waals surface area contributed by atoms with Crippen molar-refractivity contribution >= 4 is 45.7 Å². The van der Waals surface area contributed by atoms with Gasteiger partial charge in [-0.05, 0) is 43.3 Å². The molecule has 0 saturated carbocycles. The minimum absolute atomic E-state index is 0.271. The highest BCUT2D eigenvalue weighted by Crippen LogP contribution is 2.43. The highest BCUT2D eigenvalue weighted by molar-refractivity contribution is 8.02. The third-order valence-electron chi connectivity index (χ3n) is 4.05. The van der Waals surface area contributed by atoms with Gasteiger partial charge in [-0.15, -0.1) is 10.2 Å². The number of anilines is 2. The topological polar surface area (TPSA) is 84.0 Å². The van der Waals surface area contributed by atoms with E-state index in [4.69, 9.17) is 0 Å². The standard InChI is InChI=1S/C18H13FN4O2S2/c1-18(15(24)20-12-4-2-3-5-13(12)27-18)16(25)21-17-23-22-14(26-17)10-6-8-11(19)9-7-10/h2-9H,1H3,(H,20,24)(H,21,23,25). The Balaban J connectivity index is 1.54. The van der Waals surface area contributed by atoms with E-state index in [0.29, 0.717) is 16.3 Å². The fourth-order valence-corrected chi connectivity index (χ4v) is 4.36. The number of amides is 2. The summed E-state index contributed by atoms with van der Waals surface area (Å²) < 4.78 is 11.7. The number of aromatic nitrogens is 2. The fourth-order valence-electron chi connectivity index (χ4n) is 2.52. The number of carbonyl (C=O) groups excluding carboxylic acids is 2. The van der Waals surface area contributed by atoms with Gasteiger partial charge in [0, 0.05) is 10.5 Å². The first-order chi connectivity index (χ1) is 13.0. The number of rotatable bonds is 3. The molecule has 0 saturated heterocycles. The Kier molecular flexibility index (Phi) is 4.40. The van der Waals surface area contributed by atoms with Crippen molar-refractivity contribution < 1.29 is 14.0 Å². The number of benzene rings is 2. The van der Waals surface area contributed by atoms with Gasteiger partial charge in [0.2, 0.25) is 11.0 Å². The molecule has 2 aromatic carbocycles. The van der Waals surface area contributed by atoms with E-state index in [1.165, 1.54) is 23.9 Å². The number of carbonyl (C=O) groups is 2. The predicted octanol–water partition coefficient (Wildman–Crippen LogP) is 3.79. The summed E-state index contributed by atoms with van der Waals surface area (Å²) in [4.78, 5) is 26.1. The van der Waals surface area contributed by atoms with Crippen molar-refractivity contribution in [3.63, 3.8) is 0 Å². The van der Waals surface area contributed by atoms with E-state index >= 15 is 0 Å². The zero-order chi connectivity index (χ0) is 19.0. The molecular weight excluding hydrogens is 387 g/mol. The summed E-state index contributed by atoms with van der Waals surface area (Å²) in [7, 11) is 0. The molecule has 3 aromatic rings. The van der Waals surface area contributed by atoms with Crippen molar-refractivity contribution in [3.8, 4) is 10.6 Å². The molecule has 1 aromatic heterocycles. The molecule has 6 nitrogen and oxygen atoms in total. The van der Waals surface area contributed by atoms with Gasteiger partial charge in [-0.2, -0.15) is 0 Å². The van der Waals surface area contributed by atoms with E-state index in [-0.39, 0.29) is 10.9 Å². The smallest absolute Gasteiger partial charge is 0.252 e. The fraction of sp³-hybridized carbons (Fsp3) is 0.111. The SMILES string of the molecule is CC1(C(=O)Nc2nnc(-c3ccc(F)cc3)s2)Sc2ccccc2NC1=O. The summed E-state index contributed by atoms with van der Waals surface area (Å²) in [5.41, 5.74) is 1.38. The summed E-state index contributed by atoms with van der Waals surface area (Å²) >= 11 is 2.34. The highest BCUT2D eigenvalue weighted by atomic mass is 32.2. The maximum absolute atomic E-state index is 13.0. The third kappa shape index (κ3) is 3.31. The second kappa shape index (κ2) is 6.75. The average Bonchev–Trinajstić information content (AvgIpc) is 3.11. The molecule has 1 aliphatic rings. The van der Waals surface area contributed by atoms with Crippen molar-refractivity contribution in [3.05, 3.63) is 54.3 Å². The lowest BCUT2D eigenvalue weighted by Gasteiger charge is -2.31. The van der Waals surface area contributed by atoms with Gasteiger partial charge in [0.1, 0.15) is 10.8 Å². The molecule has 0 bridgehead atoms. The quantitative estimate of drug-likeness (QED) is 0.654. The summed E-state index contributed by atoms with van der Waals surface area (Å²) in [6, 6.07) is 13.1. The van der Waals surface area contributed by atoms with Crippen LogP contribution in [0.15, 0.2) is 53.4 Å². The van der Waals surface area contributed by atoms with Crippen LogP contribution < -0.4 is 10.6 Å². The molecule has 1 atom stereocenters. The lowest BCUT2D eigenvalue weighted by molar-refractivity contribution is -0.126. The Morgan fingerprint density at radius 2 is 1.89 bits per heavy atom. The van der Waals surface area contributed by atoms with E-state index in [2.05, 4.69) is 20.8 Å². The van der Waals surface area contributed by atoms with Crippen LogP contribution in [0.2, 0.25) is 0 Å². The number of nitrogens with zero attached hydrogens (tertiary/aromatic N) is 2. The Hall–Kier alpha value is -2.78. The monoisotopic (exact) mass is 400 g/mol. The maximum atomic E-state index is 13.0. The zero-order valence-electron chi connectivity index (χ0n) is 14.0. The van der Waals surface area contributed by atoms with Crippen LogP contribution in [0.5, 0.6) is 0 Å². The van der Waals surface area contributed by atoms with Gasteiger partial charge < -0.3 is 5.32 Å². The zero-order valence-corrected chi connectivity index (χ0v) is 15.7. The molecule has 136 valence electrons. The van der Waals surface area contributed by atoms with Gasteiger partial charge in [-0.3, -0.25) is 14.9 Å². The van der Waals surface area contributed by atoms with E-state index in [0.717, 1.165) is 16.2 Å². The van der Waals surface area contributed by atoms with Crippen molar-refractivity contribution in [1.82, 2.24) is 10.2 Å². The van der Waals surface area contributed by atoms with Gasteiger partial charge in [0.15, 0.2) is 4.75 Å². The van der Waals surface area contributed by atoms with E-state index in [1.54, 1.807) is 25.1 Å². The van der Waals surface area contributed by atoms with Crippen LogP contribution in [-0.4, -0.2) is 26.8 Å². The molecule has 0 fully saturated rings. The molecular formula is C18H13FN4O2S2. The Morgan fingerprint density at radius 3 is 2.67 bits per heavy atom. The van der Waals surface area contributed by atoms with Crippen LogP contribution in [0, 0.1) is 5.82 Å². The lowest BCUT2D eigenvalue weighted by atomic mass is 10.1. The lowest BCUT2D eigenvalue weighted by Crippen LogP contribution is -2.49. The molecule has 4 rings (SSSR count). The normalized spacial score (nSPS) is 18.5. The highest BCUT2D eigenvalue weighted by Gasteiger charge is 2.46. The summed E-state index contributed by atoms with van der Waals surface area (Å²) in [6.45, 7) is 1.57. The second-order valence-corrected chi connectivity index (χ2v) is 8.40. The van der Waals surface area contributed by atoms with Crippen LogP contribution >= 0.6 is 23.1 Å². The van der Waals surface area contributed by atoms with Crippen LogP contribution in [0.4, 0.5) is 15.2 Å². The van der Waals surface area contributed by atoms with Crippen molar-refractivity contribution in [1.29, 1.82) is 0 Å². The maximum Gasteiger partial charge on any atom is 0.252 e. The van der Waals surface area contributed by atoms with Crippen molar-refractivity contribution in [2.45, 2.75) is 16.6 Å². The van der Waals surface area contributed by atoms with Gasteiger partial charge in [-0.1, -0.05) is 35.2 Å². The summed E-state index contributed by atoms with van der Waals surface area (Å²) in [5.74, 6) is -1.22. The van der Waals surface area contributed by atoms with Crippen LogP contribution in [0.3, 0.4) is 0 Å². The molecule has 1 aliphatic heterocycles. The Morgan fingerprint density at radius 1 is 1.15 bits per heavy atom. The Bertz CT molecular complexity index is 1040. The molecule has 0 spiro atoms. The number of hydrogen-bond acceptors (Lipinski definition) is 6. The number of hydrogen-bond donors (Lipinski definition) is 2. The van der Waals surface area contributed by atoms with Gasteiger partial charge in [-0.25, -0.2) is 4.39 Å². The van der Waals surface area contributed by atoms with Crippen LogP contribution in [-0.2, 0) is 9.59 Å². The first kappa shape index (κ1) is 17.6. The molecule has 0 radical (unpaired) electrons. The number of fused-ring (bicyclic) bond motifs is 1. The first-order valence-electron chi connectivity index (χ1n) is 7.96. The largest absolute Gasteiger partial charge is 0.323 e. The summed E-state index contributed by atoms with van der Waals surface area (Å²) in [6.07, 6.45) is 0. The number of para-hydroxylation sites is 1. The van der Waals surface area contributed by atoms with Crippen LogP contribution in [0.25, 0.3) is 10.6 Å². The van der Waals surface area contributed by atoms with E-state index in [1.807, 2.05) is 18.2 Å². The third-order valence-corrected chi connectivity index (χ3v) is 6.30. The average molecular weight is 400 g/mol. The van der Waals surface area contributed by atoms with Gasteiger partial charge in [0.25, 0.3) is 5.91 Å². The molecule has 2 N–H and O–H groups in total. The van der Waals surface area contributed by atoms with E-state index in [9.17, 15) is 14.0 Å². The predicted molar refractivity (Wildman–Crippen MR) is 103 cm³/mol. The van der Waals surface area contributed by atoms with Crippen molar-refractivity contribution in [2.24, 2.45) is 0 Å². The molecule has 0 aliphatic carbocycles.